The van der Waals surface area contributed by atoms with E-state index in [0.717, 1.165) is 5.56 Å². The van der Waals surface area contributed by atoms with Crippen LogP contribution in [-0.2, 0) is 10.5 Å². The summed E-state index contributed by atoms with van der Waals surface area (Å²) in [4.78, 5) is 21.9. The number of nitro benzene ring substituents is 1. The van der Waals surface area contributed by atoms with Crippen molar-refractivity contribution in [1.29, 1.82) is 5.26 Å². The number of non-ortho nitro benzene ring substituents is 1. The first-order chi connectivity index (χ1) is 11.1. The Kier molecular flexibility index (Phi) is 5.72. The summed E-state index contributed by atoms with van der Waals surface area (Å²) >= 11 is 1.42. The van der Waals surface area contributed by atoms with E-state index in [1.165, 1.54) is 23.9 Å². The Balaban J connectivity index is 1.78. The van der Waals surface area contributed by atoms with Crippen LogP contribution in [-0.4, -0.2) is 16.6 Å². The van der Waals surface area contributed by atoms with Gasteiger partial charge < -0.3 is 5.32 Å². The number of nitriles is 1. The Hall–Kier alpha value is -2.85. The van der Waals surface area contributed by atoms with E-state index in [1.807, 2.05) is 6.07 Å². The van der Waals surface area contributed by atoms with Gasteiger partial charge in [-0.15, -0.1) is 11.8 Å². The average molecular weight is 327 g/mol. The first-order valence-electron chi connectivity index (χ1n) is 6.69. The highest BCUT2D eigenvalue weighted by Crippen LogP contribution is 2.17. The number of anilines is 1. The lowest BCUT2D eigenvalue weighted by Gasteiger charge is -2.05. The maximum absolute atomic E-state index is 11.8. The number of thioether (sulfide) groups is 1. The second-order valence-corrected chi connectivity index (χ2v) is 5.64. The van der Waals surface area contributed by atoms with Crippen LogP contribution < -0.4 is 5.32 Å². The van der Waals surface area contributed by atoms with Crippen LogP contribution >= 0.6 is 11.8 Å². The number of carbonyl (C=O) groups excluding carboxylic acids is 1. The molecule has 0 radical (unpaired) electrons. The lowest BCUT2D eigenvalue weighted by molar-refractivity contribution is -0.384. The minimum Gasteiger partial charge on any atom is -0.325 e. The smallest absolute Gasteiger partial charge is 0.269 e. The number of amides is 1. The second-order valence-electron chi connectivity index (χ2n) is 4.65. The summed E-state index contributed by atoms with van der Waals surface area (Å²) in [5, 5.41) is 22.0. The molecule has 0 aliphatic heterocycles. The Labute approximate surface area is 137 Å². The number of nitrogens with one attached hydrogen (secondary N) is 1. The number of hydrogen-bond donors (Lipinski definition) is 1. The number of hydrogen-bond acceptors (Lipinski definition) is 5. The molecular weight excluding hydrogens is 314 g/mol. The van der Waals surface area contributed by atoms with E-state index in [4.69, 9.17) is 5.26 Å². The number of rotatable bonds is 6. The molecule has 0 saturated heterocycles. The van der Waals surface area contributed by atoms with Gasteiger partial charge in [-0.25, -0.2) is 0 Å². The van der Waals surface area contributed by atoms with Crippen molar-refractivity contribution in [3.05, 3.63) is 69.8 Å². The van der Waals surface area contributed by atoms with Gasteiger partial charge in [0.2, 0.25) is 5.91 Å². The number of carbonyl (C=O) groups is 1. The molecular formula is C16H13N3O3S. The standard InChI is InChI=1S/C16H13N3O3S/c17-9-12-1-5-14(6-2-12)18-16(20)11-23-10-13-3-7-15(8-4-13)19(21)22/h1-8H,10-11H2,(H,18,20). The number of nitrogens with zero attached hydrogens (tertiary/aromatic N) is 2. The van der Waals surface area contributed by atoms with Crippen molar-refractivity contribution in [2.75, 3.05) is 11.1 Å². The van der Waals surface area contributed by atoms with Crippen LogP contribution in [0.1, 0.15) is 11.1 Å². The van der Waals surface area contributed by atoms with Gasteiger partial charge in [0.05, 0.1) is 22.3 Å². The Morgan fingerprint density at radius 1 is 1.17 bits per heavy atom. The third-order valence-electron chi connectivity index (χ3n) is 2.95. The fourth-order valence-corrected chi connectivity index (χ4v) is 2.59. The van der Waals surface area contributed by atoms with E-state index >= 15 is 0 Å². The zero-order valence-electron chi connectivity index (χ0n) is 12.1. The summed E-state index contributed by atoms with van der Waals surface area (Å²) < 4.78 is 0. The SMILES string of the molecule is N#Cc1ccc(NC(=O)CSCc2ccc([N+](=O)[O-])cc2)cc1. The third-order valence-corrected chi connectivity index (χ3v) is 3.95. The largest absolute Gasteiger partial charge is 0.325 e. The highest BCUT2D eigenvalue weighted by molar-refractivity contribution is 7.99. The molecule has 0 bridgehead atoms. The monoisotopic (exact) mass is 327 g/mol. The highest BCUT2D eigenvalue weighted by atomic mass is 32.2. The topological polar surface area (TPSA) is 96.0 Å². The molecule has 0 saturated carbocycles. The molecule has 7 heteroatoms. The minimum absolute atomic E-state index is 0.0531. The van der Waals surface area contributed by atoms with Crippen molar-refractivity contribution in [2.45, 2.75) is 5.75 Å². The maximum Gasteiger partial charge on any atom is 0.269 e. The predicted octanol–water partition coefficient (Wildman–Crippen LogP) is 3.34. The first kappa shape index (κ1) is 16.5. The van der Waals surface area contributed by atoms with Crippen molar-refractivity contribution in [3.8, 4) is 6.07 Å². The Morgan fingerprint density at radius 2 is 1.83 bits per heavy atom. The quantitative estimate of drug-likeness (QED) is 0.648. The van der Waals surface area contributed by atoms with E-state index < -0.39 is 4.92 Å². The van der Waals surface area contributed by atoms with Crippen LogP contribution in [0.3, 0.4) is 0 Å². The molecule has 0 aromatic heterocycles. The predicted molar refractivity (Wildman–Crippen MR) is 89.0 cm³/mol. The molecule has 0 atom stereocenters. The zero-order valence-corrected chi connectivity index (χ0v) is 12.9. The minimum atomic E-state index is -0.443. The van der Waals surface area contributed by atoms with Crippen LogP contribution in [0.15, 0.2) is 48.5 Å². The van der Waals surface area contributed by atoms with Gasteiger partial charge in [-0.3, -0.25) is 14.9 Å². The number of benzene rings is 2. The van der Waals surface area contributed by atoms with Crippen molar-refractivity contribution in [2.24, 2.45) is 0 Å². The van der Waals surface area contributed by atoms with Gasteiger partial charge in [0.1, 0.15) is 0 Å². The summed E-state index contributed by atoms with van der Waals surface area (Å²) in [7, 11) is 0. The third kappa shape index (κ3) is 5.13. The molecule has 0 aliphatic rings. The first-order valence-corrected chi connectivity index (χ1v) is 7.85. The summed E-state index contributed by atoms with van der Waals surface area (Å²) in [6.07, 6.45) is 0. The van der Waals surface area contributed by atoms with Gasteiger partial charge in [0, 0.05) is 23.6 Å². The fraction of sp³-hybridized carbons (Fsp3) is 0.125. The van der Waals surface area contributed by atoms with Crippen LogP contribution in [0.2, 0.25) is 0 Å². The van der Waals surface area contributed by atoms with E-state index in [-0.39, 0.29) is 17.3 Å². The molecule has 6 nitrogen and oxygen atoms in total. The molecule has 0 spiro atoms. The van der Waals surface area contributed by atoms with Gasteiger partial charge in [-0.05, 0) is 29.8 Å². The van der Waals surface area contributed by atoms with E-state index in [1.54, 1.807) is 36.4 Å². The molecule has 1 amide bonds. The van der Waals surface area contributed by atoms with Gasteiger partial charge >= 0.3 is 0 Å². The zero-order chi connectivity index (χ0) is 16.7. The van der Waals surface area contributed by atoms with Crippen LogP contribution in [0.5, 0.6) is 0 Å². The molecule has 116 valence electrons. The van der Waals surface area contributed by atoms with Crippen molar-refractivity contribution >= 4 is 29.0 Å². The molecule has 2 aromatic rings. The van der Waals surface area contributed by atoms with Gasteiger partial charge in [0.15, 0.2) is 0 Å². The summed E-state index contributed by atoms with van der Waals surface area (Å²) in [6.45, 7) is 0. The molecule has 2 aromatic carbocycles. The van der Waals surface area contributed by atoms with Crippen LogP contribution in [0.4, 0.5) is 11.4 Å². The molecule has 23 heavy (non-hydrogen) atoms. The molecule has 0 heterocycles. The molecule has 0 aliphatic carbocycles. The molecule has 0 unspecified atom stereocenters. The summed E-state index contributed by atoms with van der Waals surface area (Å²) in [5.41, 5.74) is 2.16. The van der Waals surface area contributed by atoms with E-state index in [2.05, 4.69) is 5.32 Å². The molecule has 1 N–H and O–H groups in total. The van der Waals surface area contributed by atoms with Gasteiger partial charge in [0.25, 0.3) is 5.69 Å². The highest BCUT2D eigenvalue weighted by Gasteiger charge is 2.06. The lowest BCUT2D eigenvalue weighted by Crippen LogP contribution is -2.14. The maximum atomic E-state index is 11.8. The second kappa shape index (κ2) is 7.96. The van der Waals surface area contributed by atoms with Crippen molar-refractivity contribution < 1.29 is 9.72 Å². The fourth-order valence-electron chi connectivity index (χ4n) is 1.80. The summed E-state index contributed by atoms with van der Waals surface area (Å²) in [5.74, 6) is 0.733. The lowest BCUT2D eigenvalue weighted by atomic mass is 10.2. The Morgan fingerprint density at radius 3 is 2.39 bits per heavy atom. The van der Waals surface area contributed by atoms with Crippen LogP contribution in [0.25, 0.3) is 0 Å². The Bertz CT molecular complexity index is 737. The average Bonchev–Trinajstić information content (AvgIpc) is 2.56. The molecule has 0 fully saturated rings. The van der Waals surface area contributed by atoms with Crippen molar-refractivity contribution in [3.63, 3.8) is 0 Å². The molecule has 2 rings (SSSR count). The van der Waals surface area contributed by atoms with Gasteiger partial charge in [-0.1, -0.05) is 12.1 Å². The van der Waals surface area contributed by atoms with E-state index in [9.17, 15) is 14.9 Å². The summed E-state index contributed by atoms with van der Waals surface area (Å²) in [6, 6.07) is 14.9. The van der Waals surface area contributed by atoms with Crippen LogP contribution in [0, 0.1) is 21.4 Å². The van der Waals surface area contributed by atoms with Gasteiger partial charge in [-0.2, -0.15) is 5.26 Å². The number of nitro groups is 1. The normalized spacial score (nSPS) is 9.87. The van der Waals surface area contributed by atoms with Crippen molar-refractivity contribution in [1.82, 2.24) is 0 Å². The van der Waals surface area contributed by atoms with E-state index in [0.29, 0.717) is 17.0 Å².